The molecular formula is C30H44N2O13S. The quantitative estimate of drug-likeness (QED) is 0.0944. The summed E-state index contributed by atoms with van der Waals surface area (Å²) in [5, 5.41) is 45.9. The number of amides is 2. The van der Waals surface area contributed by atoms with E-state index < -0.39 is 63.8 Å². The largest absolute Gasteiger partial charge is 0.479 e. The molecule has 0 saturated carbocycles. The number of carbonyl (C=O) groups is 4. The predicted molar refractivity (Wildman–Crippen MR) is 164 cm³/mol. The fraction of sp³-hybridized carbons (Fsp3) is 0.600. The summed E-state index contributed by atoms with van der Waals surface area (Å²) >= 11 is 0. The predicted octanol–water partition coefficient (Wildman–Crippen LogP) is 1.00. The normalized spacial score (nSPS) is 21.6. The van der Waals surface area contributed by atoms with Crippen molar-refractivity contribution in [1.29, 1.82) is 0 Å². The molecule has 0 radical (unpaired) electrons. The van der Waals surface area contributed by atoms with Gasteiger partial charge in [0.1, 0.15) is 30.7 Å². The van der Waals surface area contributed by atoms with Crippen molar-refractivity contribution < 1.29 is 62.2 Å². The van der Waals surface area contributed by atoms with E-state index in [-0.39, 0.29) is 49.1 Å². The maximum atomic E-state index is 12.8. The molecule has 5 atom stereocenters. The van der Waals surface area contributed by atoms with Crippen LogP contribution in [0.25, 0.3) is 0 Å². The third kappa shape index (κ3) is 11.7. The van der Waals surface area contributed by atoms with Gasteiger partial charge in [0.05, 0.1) is 16.9 Å². The molecule has 16 heteroatoms. The first-order valence-corrected chi connectivity index (χ1v) is 16.5. The fourth-order valence-electron chi connectivity index (χ4n) is 4.10. The lowest BCUT2D eigenvalue weighted by molar-refractivity contribution is -0.271. The maximum absolute atomic E-state index is 12.8. The molecule has 1 heterocycles. The van der Waals surface area contributed by atoms with Gasteiger partial charge >= 0.3 is 11.9 Å². The summed E-state index contributed by atoms with van der Waals surface area (Å²) in [6, 6.07) is 4.29. The van der Waals surface area contributed by atoms with Crippen LogP contribution in [0.15, 0.2) is 30.2 Å². The molecule has 1 fully saturated rings. The molecule has 1 aliphatic rings. The zero-order valence-electron chi connectivity index (χ0n) is 26.1. The van der Waals surface area contributed by atoms with Crippen molar-refractivity contribution in [3.63, 3.8) is 0 Å². The highest BCUT2D eigenvalue weighted by Crippen LogP contribution is 2.31. The lowest BCUT2D eigenvalue weighted by Gasteiger charge is -2.38. The second-order valence-electron chi connectivity index (χ2n) is 11.5. The molecule has 258 valence electrons. The number of carboxylic acid groups (broad SMARTS) is 1. The summed E-state index contributed by atoms with van der Waals surface area (Å²) < 4.78 is 39.1. The van der Waals surface area contributed by atoms with E-state index in [0.29, 0.717) is 31.2 Å². The number of unbranched alkanes of at least 4 members (excludes halogenated alkanes) is 2. The van der Waals surface area contributed by atoms with Gasteiger partial charge in [-0.05, 0) is 50.8 Å². The Morgan fingerprint density at radius 1 is 1.02 bits per heavy atom. The highest BCUT2D eigenvalue weighted by molar-refractivity contribution is 7.94. The number of aliphatic hydroxyl groups is 3. The number of nitrogens with one attached hydrogen (secondary N) is 2. The minimum atomic E-state index is -3.29. The van der Waals surface area contributed by atoms with Gasteiger partial charge in [-0.1, -0.05) is 26.0 Å². The van der Waals surface area contributed by atoms with Crippen molar-refractivity contribution in [1.82, 2.24) is 5.32 Å². The van der Waals surface area contributed by atoms with Crippen LogP contribution in [-0.2, 0) is 45.1 Å². The van der Waals surface area contributed by atoms with Gasteiger partial charge in [-0.2, -0.15) is 0 Å². The Balaban J connectivity index is 2.08. The number of ether oxygens (including phenoxy) is 3. The second kappa shape index (κ2) is 17.4. The van der Waals surface area contributed by atoms with Crippen LogP contribution in [0.4, 0.5) is 5.69 Å². The number of hydrogen-bond acceptors (Lipinski definition) is 12. The molecule has 0 spiro atoms. The van der Waals surface area contributed by atoms with Crippen molar-refractivity contribution in [2.75, 3.05) is 17.6 Å². The van der Waals surface area contributed by atoms with E-state index in [1.807, 2.05) is 6.92 Å². The second-order valence-corrected chi connectivity index (χ2v) is 13.6. The van der Waals surface area contributed by atoms with Crippen molar-refractivity contribution in [3.8, 4) is 5.75 Å². The molecule has 6 N–H and O–H groups in total. The molecule has 2 amide bonds. The molecule has 0 bridgehead atoms. The number of aliphatic carboxylic acids is 1. The van der Waals surface area contributed by atoms with Crippen LogP contribution in [0.2, 0.25) is 0 Å². The van der Waals surface area contributed by atoms with Gasteiger partial charge in [0, 0.05) is 24.8 Å². The number of benzene rings is 1. The molecule has 1 saturated heterocycles. The first-order chi connectivity index (χ1) is 21.5. The number of carboxylic acids is 1. The lowest BCUT2D eigenvalue weighted by atomic mass is 9.91. The van der Waals surface area contributed by atoms with Crippen molar-refractivity contribution in [2.45, 2.75) is 96.6 Å². The first kappa shape index (κ1) is 38.6. The van der Waals surface area contributed by atoms with Crippen LogP contribution in [0.5, 0.6) is 5.75 Å². The molecule has 0 aliphatic carbocycles. The van der Waals surface area contributed by atoms with Crippen LogP contribution in [0, 0.1) is 5.41 Å². The fourth-order valence-corrected chi connectivity index (χ4v) is 4.87. The molecule has 15 nitrogen and oxygen atoms in total. The van der Waals surface area contributed by atoms with E-state index in [1.165, 1.54) is 18.2 Å². The molecule has 1 aliphatic heterocycles. The zero-order chi connectivity index (χ0) is 34.7. The van der Waals surface area contributed by atoms with Gasteiger partial charge in [0.25, 0.3) is 0 Å². The van der Waals surface area contributed by atoms with Crippen molar-refractivity contribution >= 4 is 39.3 Å². The van der Waals surface area contributed by atoms with E-state index in [1.54, 1.807) is 13.8 Å². The van der Waals surface area contributed by atoms with Gasteiger partial charge in [-0.3, -0.25) is 14.4 Å². The van der Waals surface area contributed by atoms with E-state index in [4.69, 9.17) is 14.2 Å². The number of sulfone groups is 1. The van der Waals surface area contributed by atoms with E-state index in [2.05, 4.69) is 17.2 Å². The summed E-state index contributed by atoms with van der Waals surface area (Å²) in [4.78, 5) is 48.9. The Bertz CT molecular complexity index is 1350. The van der Waals surface area contributed by atoms with Crippen LogP contribution in [0.3, 0.4) is 0 Å². The van der Waals surface area contributed by atoms with Crippen LogP contribution in [-0.4, -0.2) is 95.6 Å². The topological polar surface area (TPSA) is 235 Å². The van der Waals surface area contributed by atoms with Gasteiger partial charge in [-0.25, -0.2) is 13.2 Å². The number of esters is 1. The summed E-state index contributed by atoms with van der Waals surface area (Å²) in [5.41, 5.74) is -0.254. The molecule has 46 heavy (non-hydrogen) atoms. The Kier molecular flexibility index (Phi) is 14.6. The van der Waals surface area contributed by atoms with Crippen molar-refractivity contribution in [2.24, 2.45) is 5.41 Å². The smallest absolute Gasteiger partial charge is 0.335 e. The third-order valence-corrected chi connectivity index (χ3v) is 8.81. The average Bonchev–Trinajstić information content (AvgIpc) is 3.00. The van der Waals surface area contributed by atoms with Crippen LogP contribution < -0.4 is 15.4 Å². The molecule has 0 unspecified atom stereocenters. The summed E-state index contributed by atoms with van der Waals surface area (Å²) in [7, 11) is -3.29. The monoisotopic (exact) mass is 672 g/mol. The molecule has 1 aromatic rings. The SMILES string of the molecule is C=CS(=O)(=O)CCCCCC(=O)NCCC(=O)Nc1cc(COC(=O)C(C)(C)CC)ccc1O[C@@H]1O[C@H](C(=O)O)[C@@H](O)[C@H](O)[C@H]1O. The van der Waals surface area contributed by atoms with Crippen LogP contribution in [0.1, 0.15) is 64.9 Å². The third-order valence-electron chi connectivity index (χ3n) is 7.44. The maximum Gasteiger partial charge on any atom is 0.335 e. The van der Waals surface area contributed by atoms with Crippen molar-refractivity contribution in [3.05, 3.63) is 35.7 Å². The van der Waals surface area contributed by atoms with Gasteiger partial charge in [-0.15, -0.1) is 0 Å². The minimum Gasteiger partial charge on any atom is -0.479 e. The van der Waals surface area contributed by atoms with Gasteiger partial charge < -0.3 is 45.3 Å². The van der Waals surface area contributed by atoms with E-state index in [0.717, 1.165) is 5.41 Å². The Morgan fingerprint density at radius 3 is 2.35 bits per heavy atom. The zero-order valence-corrected chi connectivity index (χ0v) is 27.0. The lowest BCUT2D eigenvalue weighted by Crippen LogP contribution is -2.61. The Labute approximate surface area is 267 Å². The first-order valence-electron chi connectivity index (χ1n) is 14.8. The molecule has 2 rings (SSSR count). The summed E-state index contributed by atoms with van der Waals surface area (Å²) in [6.45, 7) is 8.38. The summed E-state index contributed by atoms with van der Waals surface area (Å²) in [6.07, 6.45) is -7.47. The number of anilines is 1. The standard InChI is InChI=1S/C30H44N2O13S/c1-5-30(3,4)29(40)43-17-18-11-12-20(44-28-25(37)23(35)24(36)26(45-28)27(38)39)19(16-18)32-22(34)13-14-31-21(33)10-8-7-9-15-46(41,42)6-2/h6,11-12,16,23-26,28,35-37H,2,5,7-10,13-15,17H2,1,3-4H3,(H,31,33)(H,32,34)(H,38,39)/t23-,24-,25+,26-,28+/m0/s1. The van der Waals surface area contributed by atoms with E-state index in [9.17, 15) is 48.0 Å². The molecular weight excluding hydrogens is 628 g/mol. The van der Waals surface area contributed by atoms with E-state index >= 15 is 0 Å². The van der Waals surface area contributed by atoms with Gasteiger partial charge in [0.2, 0.25) is 18.1 Å². The minimum absolute atomic E-state index is 0.0239. The average molecular weight is 673 g/mol. The number of rotatable bonds is 18. The number of carbonyl (C=O) groups excluding carboxylic acids is 3. The van der Waals surface area contributed by atoms with Gasteiger partial charge in [0.15, 0.2) is 15.9 Å². The molecule has 1 aromatic carbocycles. The highest BCUT2D eigenvalue weighted by Gasteiger charge is 2.48. The number of aliphatic hydroxyl groups excluding tert-OH is 3. The number of hydrogen-bond donors (Lipinski definition) is 6. The highest BCUT2D eigenvalue weighted by atomic mass is 32.2. The Morgan fingerprint density at radius 2 is 1.72 bits per heavy atom. The molecule has 0 aromatic heterocycles. The van der Waals surface area contributed by atoms with Crippen LogP contribution >= 0.6 is 0 Å². The summed E-state index contributed by atoms with van der Waals surface area (Å²) in [5.74, 6) is -3.07. The Hall–Kier alpha value is -3.57.